The van der Waals surface area contributed by atoms with Crippen molar-refractivity contribution in [3.05, 3.63) is 0 Å². The van der Waals surface area contributed by atoms with Gasteiger partial charge in [0.05, 0.1) is 12.2 Å². The predicted molar refractivity (Wildman–Crippen MR) is 67.6 cm³/mol. The maximum Gasteiger partial charge on any atom is 0.0657 e. The Labute approximate surface area is 101 Å². The summed E-state index contributed by atoms with van der Waals surface area (Å²) in [6.07, 6.45) is 4.25. The molecular formula is C14H28O2. The summed E-state index contributed by atoms with van der Waals surface area (Å²) >= 11 is 0. The molecule has 0 heterocycles. The minimum atomic E-state index is 0.168. The topological polar surface area (TPSA) is 18.5 Å². The summed E-state index contributed by atoms with van der Waals surface area (Å²) in [5, 5.41) is 0. The van der Waals surface area contributed by atoms with Crippen molar-refractivity contribution in [3.8, 4) is 0 Å². The van der Waals surface area contributed by atoms with E-state index in [9.17, 15) is 0 Å². The highest BCUT2D eigenvalue weighted by molar-refractivity contribution is 5.01. The van der Waals surface area contributed by atoms with Gasteiger partial charge in [0.1, 0.15) is 0 Å². The Kier molecular flexibility index (Phi) is 4.81. The van der Waals surface area contributed by atoms with Gasteiger partial charge in [-0.1, -0.05) is 27.7 Å². The molecule has 0 spiro atoms. The van der Waals surface area contributed by atoms with Gasteiger partial charge in [0.25, 0.3) is 0 Å². The van der Waals surface area contributed by atoms with Gasteiger partial charge in [-0.3, -0.25) is 0 Å². The van der Waals surface area contributed by atoms with E-state index in [0.29, 0.717) is 24.0 Å². The maximum atomic E-state index is 5.78. The molecule has 1 fully saturated rings. The molecule has 2 nitrogen and oxygen atoms in total. The van der Waals surface area contributed by atoms with Crippen LogP contribution >= 0.6 is 0 Å². The van der Waals surface area contributed by atoms with Crippen LogP contribution in [0.1, 0.15) is 47.0 Å². The number of ether oxygens (including phenoxy) is 2. The standard InChI is InChI=1S/C14H28O2/c1-10(2)14(11(3)4)12(15-5)8-7-9-13(14)16-6/h10-13H,7-9H2,1-6H3. The molecule has 0 aliphatic heterocycles. The van der Waals surface area contributed by atoms with E-state index in [-0.39, 0.29) is 5.41 Å². The number of methoxy groups -OCH3 is 2. The van der Waals surface area contributed by atoms with E-state index in [2.05, 4.69) is 27.7 Å². The van der Waals surface area contributed by atoms with E-state index in [4.69, 9.17) is 9.47 Å². The average Bonchev–Trinajstić information content (AvgIpc) is 2.26. The van der Waals surface area contributed by atoms with Gasteiger partial charge in [-0.15, -0.1) is 0 Å². The largest absolute Gasteiger partial charge is 0.381 e. The van der Waals surface area contributed by atoms with Crippen LogP contribution < -0.4 is 0 Å². The molecule has 1 rings (SSSR count). The Bertz CT molecular complexity index is 189. The second-order valence-electron chi connectivity index (χ2n) is 5.69. The second-order valence-corrected chi connectivity index (χ2v) is 5.69. The molecule has 1 aliphatic rings. The van der Waals surface area contributed by atoms with Gasteiger partial charge in [0.15, 0.2) is 0 Å². The van der Waals surface area contributed by atoms with Crippen LogP contribution in [0.25, 0.3) is 0 Å². The van der Waals surface area contributed by atoms with Gasteiger partial charge in [0.2, 0.25) is 0 Å². The van der Waals surface area contributed by atoms with E-state index in [1.165, 1.54) is 19.3 Å². The third-order valence-electron chi connectivity index (χ3n) is 4.62. The van der Waals surface area contributed by atoms with Gasteiger partial charge in [-0.05, 0) is 31.1 Å². The van der Waals surface area contributed by atoms with Crippen LogP contribution in [-0.2, 0) is 9.47 Å². The number of hydrogen-bond donors (Lipinski definition) is 0. The SMILES string of the molecule is COC1CCCC(OC)C1(C(C)C)C(C)C. The first-order valence-electron chi connectivity index (χ1n) is 6.57. The quantitative estimate of drug-likeness (QED) is 0.733. The van der Waals surface area contributed by atoms with Crippen LogP contribution in [0.4, 0.5) is 0 Å². The van der Waals surface area contributed by atoms with Gasteiger partial charge < -0.3 is 9.47 Å². The van der Waals surface area contributed by atoms with Gasteiger partial charge in [-0.2, -0.15) is 0 Å². The van der Waals surface area contributed by atoms with E-state index >= 15 is 0 Å². The van der Waals surface area contributed by atoms with Crippen molar-refractivity contribution in [2.45, 2.75) is 59.2 Å². The molecule has 2 heteroatoms. The molecule has 96 valence electrons. The Hall–Kier alpha value is -0.0800. The Balaban J connectivity index is 3.11. The van der Waals surface area contributed by atoms with E-state index < -0.39 is 0 Å². The van der Waals surface area contributed by atoms with Gasteiger partial charge in [0, 0.05) is 19.6 Å². The Morgan fingerprint density at radius 2 is 1.25 bits per heavy atom. The molecule has 0 amide bonds. The second kappa shape index (κ2) is 5.50. The molecular weight excluding hydrogens is 200 g/mol. The number of rotatable bonds is 4. The Morgan fingerprint density at radius 1 is 0.875 bits per heavy atom. The molecule has 2 atom stereocenters. The fraction of sp³-hybridized carbons (Fsp3) is 1.00. The molecule has 0 aromatic carbocycles. The summed E-state index contributed by atoms with van der Waals surface area (Å²) in [6.45, 7) is 9.24. The van der Waals surface area contributed by atoms with Crippen molar-refractivity contribution in [1.29, 1.82) is 0 Å². The summed E-state index contributed by atoms with van der Waals surface area (Å²) < 4.78 is 11.6. The number of hydrogen-bond acceptors (Lipinski definition) is 2. The van der Waals surface area contributed by atoms with E-state index in [1.807, 2.05) is 14.2 Å². The zero-order valence-corrected chi connectivity index (χ0v) is 11.7. The molecule has 0 saturated heterocycles. The summed E-state index contributed by atoms with van der Waals surface area (Å²) in [5.41, 5.74) is 0.168. The highest BCUT2D eigenvalue weighted by atomic mass is 16.5. The van der Waals surface area contributed by atoms with Crippen molar-refractivity contribution in [1.82, 2.24) is 0 Å². The van der Waals surface area contributed by atoms with Crippen molar-refractivity contribution in [3.63, 3.8) is 0 Å². The minimum absolute atomic E-state index is 0.168. The van der Waals surface area contributed by atoms with Crippen molar-refractivity contribution < 1.29 is 9.47 Å². The van der Waals surface area contributed by atoms with E-state index in [0.717, 1.165) is 0 Å². The van der Waals surface area contributed by atoms with Gasteiger partial charge >= 0.3 is 0 Å². The van der Waals surface area contributed by atoms with E-state index in [1.54, 1.807) is 0 Å². The molecule has 16 heavy (non-hydrogen) atoms. The molecule has 0 bridgehead atoms. The first kappa shape index (κ1) is 14.0. The molecule has 0 aromatic heterocycles. The van der Waals surface area contributed by atoms with Crippen LogP contribution in [0.2, 0.25) is 0 Å². The Morgan fingerprint density at radius 3 is 1.50 bits per heavy atom. The maximum absolute atomic E-state index is 5.78. The fourth-order valence-electron chi connectivity index (χ4n) is 3.99. The molecule has 0 aromatic rings. The molecule has 2 unspecified atom stereocenters. The predicted octanol–water partition coefficient (Wildman–Crippen LogP) is 3.50. The first-order chi connectivity index (χ1) is 7.51. The smallest absolute Gasteiger partial charge is 0.0657 e. The lowest BCUT2D eigenvalue weighted by atomic mass is 9.57. The normalized spacial score (nSPS) is 30.0. The van der Waals surface area contributed by atoms with Crippen LogP contribution in [0.5, 0.6) is 0 Å². The van der Waals surface area contributed by atoms with Crippen LogP contribution in [0, 0.1) is 17.3 Å². The lowest BCUT2D eigenvalue weighted by molar-refractivity contribution is -0.175. The lowest BCUT2D eigenvalue weighted by Gasteiger charge is -2.53. The van der Waals surface area contributed by atoms with Crippen LogP contribution in [0.3, 0.4) is 0 Å². The highest BCUT2D eigenvalue weighted by Crippen LogP contribution is 2.50. The summed E-state index contributed by atoms with van der Waals surface area (Å²) in [5.74, 6) is 1.17. The highest BCUT2D eigenvalue weighted by Gasteiger charge is 2.52. The van der Waals surface area contributed by atoms with Gasteiger partial charge in [-0.25, -0.2) is 0 Å². The zero-order valence-electron chi connectivity index (χ0n) is 11.7. The van der Waals surface area contributed by atoms with Crippen LogP contribution in [0.15, 0.2) is 0 Å². The average molecular weight is 228 g/mol. The van der Waals surface area contributed by atoms with Crippen LogP contribution in [-0.4, -0.2) is 26.4 Å². The first-order valence-corrected chi connectivity index (χ1v) is 6.57. The molecule has 0 radical (unpaired) electrons. The minimum Gasteiger partial charge on any atom is -0.381 e. The fourth-order valence-corrected chi connectivity index (χ4v) is 3.99. The third-order valence-corrected chi connectivity index (χ3v) is 4.62. The third kappa shape index (κ3) is 2.02. The monoisotopic (exact) mass is 228 g/mol. The summed E-state index contributed by atoms with van der Waals surface area (Å²) in [4.78, 5) is 0. The molecule has 0 N–H and O–H groups in total. The van der Waals surface area contributed by atoms with Crippen molar-refractivity contribution >= 4 is 0 Å². The zero-order chi connectivity index (χ0) is 12.3. The summed E-state index contributed by atoms with van der Waals surface area (Å²) in [6, 6.07) is 0. The van der Waals surface area contributed by atoms with Crippen molar-refractivity contribution in [2.24, 2.45) is 17.3 Å². The summed E-state index contributed by atoms with van der Waals surface area (Å²) in [7, 11) is 3.70. The van der Waals surface area contributed by atoms with Crippen molar-refractivity contribution in [2.75, 3.05) is 14.2 Å². The molecule has 1 saturated carbocycles. The lowest BCUT2D eigenvalue weighted by Crippen LogP contribution is -2.56. The molecule has 1 aliphatic carbocycles.